The number of rotatable bonds is 2. The van der Waals surface area contributed by atoms with E-state index in [2.05, 4.69) is 19.9 Å². The van der Waals surface area contributed by atoms with Gasteiger partial charge in [0, 0.05) is 5.92 Å². The van der Waals surface area contributed by atoms with E-state index in [1.54, 1.807) is 0 Å². The second-order valence-corrected chi connectivity index (χ2v) is 4.03. The van der Waals surface area contributed by atoms with Gasteiger partial charge in [0.1, 0.15) is 0 Å². The zero-order valence-corrected chi connectivity index (χ0v) is 7.85. The third-order valence-electron chi connectivity index (χ3n) is 2.55. The second-order valence-electron chi connectivity index (χ2n) is 3.65. The lowest BCUT2D eigenvalue weighted by Crippen LogP contribution is -1.96. The fourth-order valence-electron chi connectivity index (χ4n) is 1.68. The molecule has 0 aromatic heterocycles. The van der Waals surface area contributed by atoms with Crippen LogP contribution in [0.4, 0.5) is 0 Å². The van der Waals surface area contributed by atoms with Crippen LogP contribution < -0.4 is 0 Å². The summed E-state index contributed by atoms with van der Waals surface area (Å²) in [6, 6.07) is 0. The van der Waals surface area contributed by atoms with Gasteiger partial charge in [-0.2, -0.15) is 0 Å². The van der Waals surface area contributed by atoms with Crippen molar-refractivity contribution in [1.29, 1.82) is 0 Å². The number of hydrogen-bond donors (Lipinski definition) is 0. The molecule has 0 aromatic carbocycles. The Morgan fingerprint density at radius 2 is 2.09 bits per heavy atom. The van der Waals surface area contributed by atoms with Gasteiger partial charge in [0.15, 0.2) is 0 Å². The summed E-state index contributed by atoms with van der Waals surface area (Å²) in [6.07, 6.45) is 4.04. The zero-order valence-electron chi connectivity index (χ0n) is 7.10. The van der Waals surface area contributed by atoms with Crippen LogP contribution in [0, 0.1) is 17.3 Å². The Bertz CT molecular complexity index is 206. The Morgan fingerprint density at radius 3 is 2.36 bits per heavy atom. The van der Waals surface area contributed by atoms with Gasteiger partial charge in [0.05, 0.1) is 0 Å². The van der Waals surface area contributed by atoms with Crippen molar-refractivity contribution in [2.45, 2.75) is 20.8 Å². The molecular formula is C9H13ClO. The minimum absolute atomic E-state index is 0.0420. The molecule has 2 unspecified atom stereocenters. The van der Waals surface area contributed by atoms with Crippen LogP contribution in [0.25, 0.3) is 0 Å². The van der Waals surface area contributed by atoms with Gasteiger partial charge in [-0.3, -0.25) is 4.79 Å². The van der Waals surface area contributed by atoms with Crippen molar-refractivity contribution in [3.63, 3.8) is 0 Å². The highest BCUT2D eigenvalue weighted by molar-refractivity contribution is 6.64. The van der Waals surface area contributed by atoms with Crippen LogP contribution in [-0.2, 0) is 4.79 Å². The predicted molar refractivity (Wildman–Crippen MR) is 46.4 cm³/mol. The summed E-state index contributed by atoms with van der Waals surface area (Å²) in [5.41, 5.74) is 0.0886. The van der Waals surface area contributed by atoms with Gasteiger partial charge < -0.3 is 0 Å². The van der Waals surface area contributed by atoms with E-state index in [1.807, 2.05) is 13.0 Å². The fourth-order valence-corrected chi connectivity index (χ4v) is 2.09. The lowest BCUT2D eigenvalue weighted by atomic mass is 10.1. The lowest BCUT2D eigenvalue weighted by Gasteiger charge is -1.95. The second kappa shape index (κ2) is 2.63. The predicted octanol–water partition coefficient (Wildman–Crippen LogP) is 2.60. The number of hydrogen-bond acceptors (Lipinski definition) is 1. The van der Waals surface area contributed by atoms with Crippen molar-refractivity contribution in [1.82, 2.24) is 0 Å². The highest BCUT2D eigenvalue weighted by Gasteiger charge is 2.59. The maximum absolute atomic E-state index is 10.8. The third-order valence-corrected chi connectivity index (χ3v) is 2.79. The van der Waals surface area contributed by atoms with Gasteiger partial charge in [-0.05, 0) is 29.9 Å². The molecule has 11 heavy (non-hydrogen) atoms. The largest absolute Gasteiger partial charge is 0.281 e. The molecule has 0 spiro atoms. The molecule has 0 bridgehead atoms. The molecule has 0 aliphatic heterocycles. The van der Waals surface area contributed by atoms with Crippen LogP contribution >= 0.6 is 11.6 Å². The lowest BCUT2D eigenvalue weighted by molar-refractivity contribution is -0.113. The van der Waals surface area contributed by atoms with Crippen LogP contribution in [-0.4, -0.2) is 5.24 Å². The minimum atomic E-state index is -0.196. The van der Waals surface area contributed by atoms with Crippen molar-refractivity contribution >= 4 is 16.8 Å². The van der Waals surface area contributed by atoms with E-state index in [-0.39, 0.29) is 16.6 Å². The SMILES string of the molecule is CC=CC1C(C(=O)Cl)C1(C)C. The first kappa shape index (κ1) is 8.79. The number of carbonyl (C=O) groups is 1. The highest BCUT2D eigenvalue weighted by atomic mass is 35.5. The Balaban J connectivity index is 2.68. The fraction of sp³-hybridized carbons (Fsp3) is 0.667. The summed E-state index contributed by atoms with van der Waals surface area (Å²) < 4.78 is 0. The maximum atomic E-state index is 10.8. The molecule has 1 aliphatic carbocycles. The van der Waals surface area contributed by atoms with Crippen molar-refractivity contribution < 1.29 is 4.79 Å². The standard InChI is InChI=1S/C9H13ClO/c1-4-5-6-7(8(10)11)9(6,2)3/h4-7H,1-3H3. The molecule has 0 radical (unpaired) electrons. The molecule has 1 rings (SSSR count). The average molecular weight is 173 g/mol. The first-order chi connectivity index (χ1) is 5.01. The van der Waals surface area contributed by atoms with E-state index < -0.39 is 0 Å². The molecule has 2 atom stereocenters. The summed E-state index contributed by atoms with van der Waals surface area (Å²) in [7, 11) is 0. The Hall–Kier alpha value is -0.300. The molecule has 1 saturated carbocycles. The monoisotopic (exact) mass is 172 g/mol. The Labute approximate surface area is 72.4 Å². The Morgan fingerprint density at radius 1 is 1.55 bits per heavy atom. The highest BCUT2D eigenvalue weighted by Crippen LogP contribution is 2.59. The van der Waals surface area contributed by atoms with Crippen LogP contribution in [0.1, 0.15) is 20.8 Å². The van der Waals surface area contributed by atoms with Crippen LogP contribution in [0.2, 0.25) is 0 Å². The van der Waals surface area contributed by atoms with Crippen molar-refractivity contribution in [2.24, 2.45) is 17.3 Å². The number of halogens is 1. The normalized spacial score (nSPS) is 34.2. The molecule has 0 amide bonds. The van der Waals surface area contributed by atoms with Crippen molar-refractivity contribution in [2.75, 3.05) is 0 Å². The Kier molecular flexibility index (Phi) is 2.10. The van der Waals surface area contributed by atoms with Gasteiger partial charge in [-0.25, -0.2) is 0 Å². The molecule has 0 aromatic rings. The molecule has 2 heteroatoms. The van der Waals surface area contributed by atoms with Gasteiger partial charge in [0.2, 0.25) is 5.24 Å². The van der Waals surface area contributed by atoms with E-state index in [0.29, 0.717) is 5.92 Å². The minimum Gasteiger partial charge on any atom is -0.281 e. The maximum Gasteiger partial charge on any atom is 0.225 e. The molecule has 1 fully saturated rings. The zero-order chi connectivity index (χ0) is 8.65. The van der Waals surface area contributed by atoms with E-state index in [0.717, 1.165) is 0 Å². The molecule has 1 aliphatic rings. The molecule has 0 heterocycles. The smallest absolute Gasteiger partial charge is 0.225 e. The number of allylic oxidation sites excluding steroid dienone is 2. The van der Waals surface area contributed by atoms with E-state index in [9.17, 15) is 4.79 Å². The molecule has 0 N–H and O–H groups in total. The molecular weight excluding hydrogens is 160 g/mol. The molecule has 0 saturated heterocycles. The third kappa shape index (κ3) is 1.34. The molecule has 1 nitrogen and oxygen atoms in total. The summed E-state index contributed by atoms with van der Waals surface area (Å²) in [6.45, 7) is 6.11. The van der Waals surface area contributed by atoms with Crippen molar-refractivity contribution in [3.8, 4) is 0 Å². The van der Waals surface area contributed by atoms with E-state index >= 15 is 0 Å². The first-order valence-electron chi connectivity index (χ1n) is 3.84. The average Bonchev–Trinajstić information content (AvgIpc) is 2.35. The van der Waals surface area contributed by atoms with Crippen LogP contribution in [0.5, 0.6) is 0 Å². The molecule has 62 valence electrons. The summed E-state index contributed by atoms with van der Waals surface area (Å²) >= 11 is 5.42. The van der Waals surface area contributed by atoms with Gasteiger partial charge in [-0.1, -0.05) is 26.0 Å². The van der Waals surface area contributed by atoms with Gasteiger partial charge in [0.25, 0.3) is 0 Å². The quantitative estimate of drug-likeness (QED) is 0.462. The number of carbonyl (C=O) groups excluding carboxylic acids is 1. The van der Waals surface area contributed by atoms with Crippen molar-refractivity contribution in [3.05, 3.63) is 12.2 Å². The van der Waals surface area contributed by atoms with E-state index in [4.69, 9.17) is 11.6 Å². The van der Waals surface area contributed by atoms with E-state index in [1.165, 1.54) is 0 Å². The summed E-state index contributed by atoms with van der Waals surface area (Å²) in [5, 5.41) is -0.196. The van der Waals surface area contributed by atoms with Gasteiger partial charge >= 0.3 is 0 Å². The first-order valence-corrected chi connectivity index (χ1v) is 4.21. The summed E-state index contributed by atoms with van der Waals surface area (Å²) in [5.74, 6) is 0.401. The van der Waals surface area contributed by atoms with Crippen LogP contribution in [0.3, 0.4) is 0 Å². The summed E-state index contributed by atoms with van der Waals surface area (Å²) in [4.78, 5) is 10.8. The topological polar surface area (TPSA) is 17.1 Å². The van der Waals surface area contributed by atoms with Gasteiger partial charge in [-0.15, -0.1) is 0 Å². The van der Waals surface area contributed by atoms with Crippen LogP contribution in [0.15, 0.2) is 12.2 Å².